The van der Waals surface area contributed by atoms with Gasteiger partial charge in [0, 0.05) is 23.2 Å². The minimum Gasteiger partial charge on any atom is -0.377 e. The third-order valence-corrected chi connectivity index (χ3v) is 7.40. The Morgan fingerprint density at radius 2 is 1.82 bits per heavy atom. The number of pyridine rings is 1. The van der Waals surface area contributed by atoms with Gasteiger partial charge in [0.05, 0.1) is 42.6 Å². The van der Waals surface area contributed by atoms with E-state index in [-0.39, 0.29) is 46.3 Å². The fourth-order valence-corrected chi connectivity index (χ4v) is 5.05. The van der Waals surface area contributed by atoms with E-state index in [1.54, 1.807) is 30.3 Å². The number of nitrogens with zero attached hydrogens (tertiary/aromatic N) is 3. The summed E-state index contributed by atoms with van der Waals surface area (Å²) in [4.78, 5) is 52.8. The van der Waals surface area contributed by atoms with Crippen molar-refractivity contribution in [2.45, 2.75) is 19.4 Å². The summed E-state index contributed by atoms with van der Waals surface area (Å²) in [6.45, 7) is 2.48. The highest BCUT2D eigenvalue weighted by Crippen LogP contribution is 2.27. The number of halogens is 2. The van der Waals surface area contributed by atoms with Crippen LogP contribution in [0.3, 0.4) is 0 Å². The molecule has 0 radical (unpaired) electrons. The van der Waals surface area contributed by atoms with Gasteiger partial charge in [-0.3, -0.25) is 28.1 Å². The molecule has 0 unspecified atom stereocenters. The van der Waals surface area contributed by atoms with Crippen LogP contribution in [0.25, 0.3) is 16.6 Å². The molecule has 1 amide bonds. The van der Waals surface area contributed by atoms with Crippen LogP contribution in [0.4, 0.5) is 15.9 Å². The van der Waals surface area contributed by atoms with E-state index in [4.69, 9.17) is 4.74 Å². The third-order valence-electron chi connectivity index (χ3n) is 6.73. The lowest BCUT2D eigenvalue weighted by molar-refractivity contribution is -0.124. The summed E-state index contributed by atoms with van der Waals surface area (Å²) < 4.78 is 24.0. The number of aromatic nitrogens is 3. The Kier molecular flexibility index (Phi) is 7.16. The van der Waals surface area contributed by atoms with Crippen molar-refractivity contribution in [3.05, 3.63) is 94.2 Å². The standard InChI is InChI=1S/C27H25FIN5O5/c1-14-23-22(24(32(2)25(14)36)31-20-8-7-16(29)11-19(20)28)26(37)33(3)27(38)34(23)18-6-4-5-15(9-18)10-21(35)30-17-12-39-13-17/h4-9,11,17,31H,10,12-13H2,1-3H3,(H,30,35). The van der Waals surface area contributed by atoms with Crippen molar-refractivity contribution >= 4 is 50.9 Å². The Morgan fingerprint density at radius 3 is 2.49 bits per heavy atom. The van der Waals surface area contributed by atoms with Crippen molar-refractivity contribution in [1.82, 2.24) is 19.0 Å². The van der Waals surface area contributed by atoms with Gasteiger partial charge in [0.2, 0.25) is 5.91 Å². The van der Waals surface area contributed by atoms with Crippen molar-refractivity contribution in [3.8, 4) is 5.69 Å². The minimum absolute atomic E-state index is 0.0152. The first-order valence-corrected chi connectivity index (χ1v) is 13.2. The molecule has 0 saturated carbocycles. The maximum Gasteiger partial charge on any atom is 0.335 e. The van der Waals surface area contributed by atoms with E-state index in [0.717, 1.165) is 4.57 Å². The number of nitrogens with one attached hydrogen (secondary N) is 2. The molecular weight excluding hydrogens is 620 g/mol. The summed E-state index contributed by atoms with van der Waals surface area (Å²) >= 11 is 1.98. The third kappa shape index (κ3) is 4.89. The van der Waals surface area contributed by atoms with Crippen molar-refractivity contribution in [2.24, 2.45) is 14.1 Å². The fraction of sp³-hybridized carbons (Fsp3) is 0.259. The number of hydrogen-bond donors (Lipinski definition) is 2. The average Bonchev–Trinajstić information content (AvgIpc) is 2.87. The molecule has 4 aromatic rings. The summed E-state index contributed by atoms with van der Waals surface area (Å²) in [6, 6.07) is 11.3. The quantitative estimate of drug-likeness (QED) is 0.311. The maximum atomic E-state index is 14.8. The number of carbonyl (C=O) groups is 1. The smallest absolute Gasteiger partial charge is 0.335 e. The first-order chi connectivity index (χ1) is 18.6. The summed E-state index contributed by atoms with van der Waals surface area (Å²) in [6.07, 6.45) is 0.0718. The molecule has 10 nitrogen and oxygen atoms in total. The molecule has 1 fully saturated rings. The maximum absolute atomic E-state index is 14.8. The van der Waals surface area contributed by atoms with Crippen LogP contribution in [0.15, 0.2) is 56.8 Å². The molecule has 2 aromatic carbocycles. The number of anilines is 2. The van der Waals surface area contributed by atoms with Crippen LogP contribution in [0.1, 0.15) is 11.1 Å². The number of aryl methyl sites for hydroxylation is 1. The molecule has 3 heterocycles. The lowest BCUT2D eigenvalue weighted by Gasteiger charge is -2.26. The van der Waals surface area contributed by atoms with E-state index < -0.39 is 22.6 Å². The normalized spacial score (nSPS) is 13.4. The molecule has 1 saturated heterocycles. The van der Waals surface area contributed by atoms with Crippen molar-refractivity contribution in [3.63, 3.8) is 0 Å². The predicted molar refractivity (Wildman–Crippen MR) is 154 cm³/mol. The second-order valence-corrected chi connectivity index (χ2v) is 10.7. The van der Waals surface area contributed by atoms with Gasteiger partial charge in [-0.1, -0.05) is 12.1 Å². The van der Waals surface area contributed by atoms with Crippen LogP contribution >= 0.6 is 22.6 Å². The Hall–Kier alpha value is -3.78. The monoisotopic (exact) mass is 645 g/mol. The highest BCUT2D eigenvalue weighted by molar-refractivity contribution is 14.1. The van der Waals surface area contributed by atoms with Crippen molar-refractivity contribution in [1.29, 1.82) is 0 Å². The lowest BCUT2D eigenvalue weighted by atomic mass is 10.1. The molecule has 1 aliphatic rings. The van der Waals surface area contributed by atoms with Gasteiger partial charge in [-0.25, -0.2) is 9.18 Å². The second kappa shape index (κ2) is 10.4. The number of carbonyl (C=O) groups excluding carboxylic acids is 1. The predicted octanol–water partition coefficient (Wildman–Crippen LogP) is 2.24. The minimum atomic E-state index is -0.663. The van der Waals surface area contributed by atoms with E-state index in [1.165, 1.54) is 42.3 Å². The lowest BCUT2D eigenvalue weighted by Crippen LogP contribution is -2.49. The topological polar surface area (TPSA) is 116 Å². The molecule has 0 atom stereocenters. The largest absolute Gasteiger partial charge is 0.377 e. The fourth-order valence-electron chi connectivity index (χ4n) is 4.60. The number of benzene rings is 2. The summed E-state index contributed by atoms with van der Waals surface area (Å²) in [5.41, 5.74) is -0.409. The van der Waals surface area contributed by atoms with Gasteiger partial charge in [0.25, 0.3) is 11.1 Å². The first kappa shape index (κ1) is 26.8. The van der Waals surface area contributed by atoms with Crippen LogP contribution < -0.4 is 27.4 Å². The Balaban J connectivity index is 1.71. The zero-order chi connectivity index (χ0) is 28.0. The number of fused-ring (bicyclic) bond motifs is 1. The van der Waals surface area contributed by atoms with E-state index in [2.05, 4.69) is 10.6 Å². The molecule has 2 N–H and O–H groups in total. The molecule has 0 aliphatic carbocycles. The number of amides is 1. The van der Waals surface area contributed by atoms with Gasteiger partial charge in [-0.15, -0.1) is 0 Å². The Morgan fingerprint density at radius 1 is 1.08 bits per heavy atom. The van der Waals surface area contributed by atoms with E-state index in [1.807, 2.05) is 22.6 Å². The second-order valence-electron chi connectivity index (χ2n) is 9.44. The van der Waals surface area contributed by atoms with E-state index >= 15 is 0 Å². The molecule has 12 heteroatoms. The molecule has 202 valence electrons. The molecule has 39 heavy (non-hydrogen) atoms. The number of hydrogen-bond acceptors (Lipinski definition) is 6. The number of rotatable bonds is 6. The summed E-state index contributed by atoms with van der Waals surface area (Å²) in [5.74, 6) is -0.699. The Labute approximate surface area is 235 Å². The highest BCUT2D eigenvalue weighted by Gasteiger charge is 2.24. The van der Waals surface area contributed by atoms with E-state index in [9.17, 15) is 23.6 Å². The Bertz CT molecular complexity index is 1820. The van der Waals surface area contributed by atoms with Gasteiger partial charge in [0.1, 0.15) is 17.0 Å². The van der Waals surface area contributed by atoms with Gasteiger partial charge >= 0.3 is 5.69 Å². The average molecular weight is 645 g/mol. The van der Waals surface area contributed by atoms with Crippen LogP contribution in [0.2, 0.25) is 0 Å². The van der Waals surface area contributed by atoms with E-state index in [0.29, 0.717) is 28.0 Å². The van der Waals surface area contributed by atoms with Crippen molar-refractivity contribution in [2.75, 3.05) is 18.5 Å². The molecule has 0 bridgehead atoms. The van der Waals surface area contributed by atoms with Crippen LogP contribution in [-0.2, 0) is 30.0 Å². The molecule has 0 spiro atoms. The van der Waals surface area contributed by atoms with Crippen LogP contribution in [-0.4, -0.2) is 38.9 Å². The summed E-state index contributed by atoms with van der Waals surface area (Å²) in [5, 5.41) is 5.83. The molecule has 2 aromatic heterocycles. The van der Waals surface area contributed by atoms with Gasteiger partial charge in [-0.05, 0) is 65.4 Å². The molecule has 1 aliphatic heterocycles. The SMILES string of the molecule is Cc1c(=O)n(C)c(Nc2ccc(I)cc2F)c2c(=O)n(C)c(=O)n(-c3cccc(CC(=O)NC4COC4)c3)c12. The number of ether oxygens (including phenoxy) is 1. The van der Waals surface area contributed by atoms with Crippen LogP contribution in [0, 0.1) is 16.3 Å². The van der Waals surface area contributed by atoms with Gasteiger partial charge in [-0.2, -0.15) is 0 Å². The molecule has 5 rings (SSSR count). The van der Waals surface area contributed by atoms with Gasteiger partial charge in [0.15, 0.2) is 0 Å². The van der Waals surface area contributed by atoms with Crippen LogP contribution in [0.5, 0.6) is 0 Å². The zero-order valence-corrected chi connectivity index (χ0v) is 23.5. The summed E-state index contributed by atoms with van der Waals surface area (Å²) in [7, 11) is 2.82. The zero-order valence-electron chi connectivity index (χ0n) is 21.4. The van der Waals surface area contributed by atoms with Crippen molar-refractivity contribution < 1.29 is 13.9 Å². The highest BCUT2D eigenvalue weighted by atomic mass is 127. The molecular formula is C27H25FIN5O5. The van der Waals surface area contributed by atoms with Gasteiger partial charge < -0.3 is 15.4 Å². The first-order valence-electron chi connectivity index (χ1n) is 12.1.